The van der Waals surface area contributed by atoms with Crippen LogP contribution in [0.25, 0.3) is 10.8 Å². The standard InChI is InChI=1S/C26H33N3O4/c1-17(2)14-29-9-10-31-22(15-29)13-27-26(30)23-11-20-7-5-6-8-21(20)12-25(23)32-16-24-18(3)28-33-19(24)4/h5-8,11-12,17,22H,9-10,13-16H2,1-4H3,(H,27,30). The molecule has 1 unspecified atom stereocenters. The van der Waals surface area contributed by atoms with Crippen molar-refractivity contribution in [3.05, 3.63) is 59.0 Å². The first-order valence-electron chi connectivity index (χ1n) is 11.6. The summed E-state index contributed by atoms with van der Waals surface area (Å²) in [5.74, 6) is 1.70. The van der Waals surface area contributed by atoms with Crippen LogP contribution in [0.1, 0.15) is 41.2 Å². The minimum atomic E-state index is -0.168. The molecule has 1 aliphatic rings. The van der Waals surface area contributed by atoms with Crippen molar-refractivity contribution in [2.75, 3.05) is 32.8 Å². The molecule has 0 spiro atoms. The van der Waals surface area contributed by atoms with Gasteiger partial charge >= 0.3 is 0 Å². The van der Waals surface area contributed by atoms with E-state index >= 15 is 0 Å². The van der Waals surface area contributed by atoms with Gasteiger partial charge in [0.1, 0.15) is 18.1 Å². The molecule has 176 valence electrons. The maximum Gasteiger partial charge on any atom is 0.255 e. The van der Waals surface area contributed by atoms with E-state index in [4.69, 9.17) is 14.0 Å². The van der Waals surface area contributed by atoms with Crippen molar-refractivity contribution < 1.29 is 18.8 Å². The van der Waals surface area contributed by atoms with Gasteiger partial charge in [-0.15, -0.1) is 0 Å². The van der Waals surface area contributed by atoms with E-state index in [0.717, 1.165) is 47.4 Å². The van der Waals surface area contributed by atoms with Crippen LogP contribution in [0.5, 0.6) is 5.75 Å². The van der Waals surface area contributed by atoms with E-state index in [0.29, 0.717) is 30.4 Å². The van der Waals surface area contributed by atoms with Crippen LogP contribution < -0.4 is 10.1 Å². The van der Waals surface area contributed by atoms with Crippen LogP contribution in [0.3, 0.4) is 0 Å². The quantitative estimate of drug-likeness (QED) is 0.555. The SMILES string of the molecule is Cc1noc(C)c1COc1cc2ccccc2cc1C(=O)NCC1CN(CC(C)C)CCO1. The number of amides is 1. The van der Waals surface area contributed by atoms with Gasteiger partial charge in [-0.1, -0.05) is 43.3 Å². The van der Waals surface area contributed by atoms with Crippen molar-refractivity contribution in [2.45, 2.75) is 40.4 Å². The van der Waals surface area contributed by atoms with Gasteiger partial charge in [0.15, 0.2) is 0 Å². The summed E-state index contributed by atoms with van der Waals surface area (Å²) in [5.41, 5.74) is 2.20. The Morgan fingerprint density at radius 3 is 2.70 bits per heavy atom. The lowest BCUT2D eigenvalue weighted by Crippen LogP contribution is -2.48. The van der Waals surface area contributed by atoms with E-state index in [9.17, 15) is 4.79 Å². The number of aryl methyl sites for hydroxylation is 2. The van der Waals surface area contributed by atoms with Crippen LogP contribution in [-0.2, 0) is 11.3 Å². The molecule has 1 saturated heterocycles. The van der Waals surface area contributed by atoms with Gasteiger partial charge in [0.05, 0.1) is 29.5 Å². The highest BCUT2D eigenvalue weighted by molar-refractivity contribution is 6.01. The summed E-state index contributed by atoms with van der Waals surface area (Å²) in [5, 5.41) is 9.06. The Labute approximate surface area is 195 Å². The van der Waals surface area contributed by atoms with Gasteiger partial charge in [0.2, 0.25) is 0 Å². The maximum absolute atomic E-state index is 13.2. The number of fused-ring (bicyclic) bond motifs is 1. The molecule has 1 fully saturated rings. The highest BCUT2D eigenvalue weighted by atomic mass is 16.5. The molecule has 2 heterocycles. The fourth-order valence-electron chi connectivity index (χ4n) is 4.26. The number of ether oxygens (including phenoxy) is 2. The number of benzene rings is 2. The van der Waals surface area contributed by atoms with Crippen LogP contribution in [0, 0.1) is 19.8 Å². The summed E-state index contributed by atoms with van der Waals surface area (Å²) < 4.78 is 17.3. The third-order valence-electron chi connectivity index (χ3n) is 5.98. The smallest absolute Gasteiger partial charge is 0.255 e. The molecular weight excluding hydrogens is 418 g/mol. The number of aromatic nitrogens is 1. The number of hydrogen-bond donors (Lipinski definition) is 1. The van der Waals surface area contributed by atoms with Crippen molar-refractivity contribution >= 4 is 16.7 Å². The zero-order valence-electron chi connectivity index (χ0n) is 19.9. The van der Waals surface area contributed by atoms with E-state index in [1.165, 1.54) is 0 Å². The number of carbonyl (C=O) groups excluding carboxylic acids is 1. The normalized spacial score (nSPS) is 16.9. The van der Waals surface area contributed by atoms with Crippen LogP contribution in [-0.4, -0.2) is 54.9 Å². The van der Waals surface area contributed by atoms with Crippen LogP contribution in [0.2, 0.25) is 0 Å². The van der Waals surface area contributed by atoms with E-state index in [1.807, 2.05) is 50.2 Å². The van der Waals surface area contributed by atoms with Gasteiger partial charge in [-0.3, -0.25) is 9.69 Å². The fraction of sp³-hybridized carbons (Fsp3) is 0.462. The second-order valence-corrected chi connectivity index (χ2v) is 9.14. The predicted octanol–water partition coefficient (Wildman–Crippen LogP) is 4.11. The van der Waals surface area contributed by atoms with Crippen LogP contribution in [0.4, 0.5) is 0 Å². The zero-order chi connectivity index (χ0) is 23.4. The Kier molecular flexibility index (Phi) is 7.30. The molecule has 1 aliphatic heterocycles. The molecule has 0 saturated carbocycles. The van der Waals surface area contributed by atoms with Gasteiger partial charge in [0.25, 0.3) is 5.91 Å². The van der Waals surface area contributed by atoms with Gasteiger partial charge in [0, 0.05) is 26.2 Å². The number of carbonyl (C=O) groups is 1. The maximum atomic E-state index is 13.2. The monoisotopic (exact) mass is 451 g/mol. The molecule has 0 bridgehead atoms. The molecule has 1 atom stereocenters. The number of morpholine rings is 1. The highest BCUT2D eigenvalue weighted by Gasteiger charge is 2.23. The van der Waals surface area contributed by atoms with Crippen molar-refractivity contribution in [1.29, 1.82) is 0 Å². The molecular formula is C26H33N3O4. The molecule has 1 aromatic heterocycles. The minimum absolute atomic E-state index is 0.0198. The first kappa shape index (κ1) is 23.3. The summed E-state index contributed by atoms with van der Waals surface area (Å²) >= 11 is 0. The van der Waals surface area contributed by atoms with Crippen LogP contribution in [0.15, 0.2) is 40.9 Å². The topological polar surface area (TPSA) is 76.8 Å². The molecule has 7 nitrogen and oxygen atoms in total. The second kappa shape index (κ2) is 10.4. The van der Waals surface area contributed by atoms with Crippen LogP contribution >= 0.6 is 0 Å². The van der Waals surface area contributed by atoms with Gasteiger partial charge in [-0.2, -0.15) is 0 Å². The first-order valence-corrected chi connectivity index (χ1v) is 11.6. The molecule has 33 heavy (non-hydrogen) atoms. The van der Waals surface area contributed by atoms with Crippen molar-refractivity contribution in [2.24, 2.45) is 5.92 Å². The van der Waals surface area contributed by atoms with E-state index in [1.54, 1.807) is 0 Å². The summed E-state index contributed by atoms with van der Waals surface area (Å²) in [4.78, 5) is 15.6. The fourth-order valence-corrected chi connectivity index (χ4v) is 4.26. The highest BCUT2D eigenvalue weighted by Crippen LogP contribution is 2.28. The number of nitrogens with zero attached hydrogens (tertiary/aromatic N) is 2. The first-order chi connectivity index (χ1) is 15.9. The van der Waals surface area contributed by atoms with E-state index < -0.39 is 0 Å². The van der Waals surface area contributed by atoms with E-state index in [2.05, 4.69) is 29.2 Å². The molecule has 1 N–H and O–H groups in total. The van der Waals surface area contributed by atoms with Gasteiger partial charge < -0.3 is 19.3 Å². The number of hydrogen-bond acceptors (Lipinski definition) is 6. The summed E-state index contributed by atoms with van der Waals surface area (Å²) in [6, 6.07) is 11.8. The zero-order valence-corrected chi connectivity index (χ0v) is 19.9. The molecule has 1 amide bonds. The van der Waals surface area contributed by atoms with Crippen molar-refractivity contribution in [3.63, 3.8) is 0 Å². The van der Waals surface area contributed by atoms with E-state index in [-0.39, 0.29) is 18.6 Å². The molecule has 3 aromatic rings. The average Bonchev–Trinajstić information content (AvgIpc) is 3.12. The molecule has 4 rings (SSSR count). The van der Waals surface area contributed by atoms with Crippen molar-refractivity contribution in [1.82, 2.24) is 15.4 Å². The molecule has 0 radical (unpaired) electrons. The molecule has 2 aromatic carbocycles. The minimum Gasteiger partial charge on any atom is -0.488 e. The van der Waals surface area contributed by atoms with Gasteiger partial charge in [-0.05, 0) is 42.7 Å². The molecule has 7 heteroatoms. The summed E-state index contributed by atoms with van der Waals surface area (Å²) in [7, 11) is 0. The molecule has 0 aliphatic carbocycles. The Morgan fingerprint density at radius 1 is 1.24 bits per heavy atom. The number of rotatable bonds is 8. The van der Waals surface area contributed by atoms with Gasteiger partial charge in [-0.25, -0.2) is 0 Å². The average molecular weight is 452 g/mol. The lowest BCUT2D eigenvalue weighted by atomic mass is 10.0. The van der Waals surface area contributed by atoms with Crippen molar-refractivity contribution in [3.8, 4) is 5.75 Å². The Balaban J connectivity index is 1.49. The Morgan fingerprint density at radius 2 is 2.00 bits per heavy atom. The second-order valence-electron chi connectivity index (χ2n) is 9.14. The largest absolute Gasteiger partial charge is 0.488 e. The Bertz CT molecular complexity index is 1090. The Hall–Kier alpha value is -2.90. The lowest BCUT2D eigenvalue weighted by Gasteiger charge is -2.34. The summed E-state index contributed by atoms with van der Waals surface area (Å²) in [6.07, 6.45) is -0.0198. The third kappa shape index (κ3) is 5.72. The third-order valence-corrected chi connectivity index (χ3v) is 5.98. The number of nitrogens with one attached hydrogen (secondary N) is 1. The predicted molar refractivity (Wildman–Crippen MR) is 128 cm³/mol. The lowest BCUT2D eigenvalue weighted by molar-refractivity contribution is -0.0295. The summed E-state index contributed by atoms with van der Waals surface area (Å²) in [6.45, 7) is 12.4.